The molecular weight excluding hydrogens is 244 g/mol. The summed E-state index contributed by atoms with van der Waals surface area (Å²) in [5.41, 5.74) is 2.62. The summed E-state index contributed by atoms with van der Waals surface area (Å²) >= 11 is 0. The van der Waals surface area contributed by atoms with Gasteiger partial charge in [-0.25, -0.2) is 4.79 Å². The van der Waals surface area contributed by atoms with Gasteiger partial charge in [-0.1, -0.05) is 11.6 Å². The summed E-state index contributed by atoms with van der Waals surface area (Å²) in [6.45, 7) is 4.08. The van der Waals surface area contributed by atoms with E-state index in [9.17, 15) is 4.79 Å². The Hall–Kier alpha value is -1.55. The molecule has 3 atom stereocenters. The number of hydrogen-bond donors (Lipinski definition) is 0. The highest BCUT2D eigenvalue weighted by atomic mass is 16.7. The van der Waals surface area contributed by atoms with E-state index < -0.39 is 5.60 Å². The largest absolute Gasteiger partial charge is 0.468 e. The number of aryl methyl sites for hydroxylation is 1. The molecule has 0 aromatic carbocycles. The van der Waals surface area contributed by atoms with Crippen LogP contribution >= 0.6 is 0 Å². The smallest absolute Gasteiger partial charge is 0.342 e. The minimum absolute atomic E-state index is 0.123. The first-order chi connectivity index (χ1) is 9.12. The highest BCUT2D eigenvalue weighted by Gasteiger charge is 2.73. The van der Waals surface area contributed by atoms with Crippen molar-refractivity contribution in [3.8, 4) is 0 Å². The topological polar surface area (TPSA) is 52.0 Å². The van der Waals surface area contributed by atoms with Crippen LogP contribution in [0, 0.1) is 6.92 Å². The number of carbonyl (C=O) groups excluding carboxylic acids is 1. The van der Waals surface area contributed by atoms with Crippen LogP contribution < -0.4 is 0 Å². The van der Waals surface area contributed by atoms with Crippen molar-refractivity contribution in [1.29, 1.82) is 0 Å². The van der Waals surface area contributed by atoms with E-state index in [0.29, 0.717) is 0 Å². The average Bonchev–Trinajstić information content (AvgIpc) is 2.91. The maximum atomic E-state index is 12.1. The number of furan rings is 1. The van der Waals surface area contributed by atoms with Gasteiger partial charge in [0.2, 0.25) is 0 Å². The van der Waals surface area contributed by atoms with Crippen LogP contribution in [0.3, 0.4) is 0 Å². The number of esters is 1. The first-order valence-corrected chi connectivity index (χ1v) is 6.73. The zero-order chi connectivity index (χ0) is 13.2. The van der Waals surface area contributed by atoms with E-state index in [2.05, 4.69) is 13.0 Å². The second-order valence-electron chi connectivity index (χ2n) is 5.78. The average molecular weight is 260 g/mol. The van der Waals surface area contributed by atoms with Gasteiger partial charge < -0.3 is 13.9 Å². The minimum atomic E-state index is -0.681. The number of rotatable bonds is 0. The Morgan fingerprint density at radius 1 is 1.37 bits per heavy atom. The van der Waals surface area contributed by atoms with Crippen molar-refractivity contribution < 1.29 is 18.7 Å². The molecular formula is C15H16O4. The molecule has 0 N–H and O–H groups in total. The Bertz CT molecular complexity index is 597. The molecule has 1 aromatic rings. The molecule has 1 aliphatic carbocycles. The summed E-state index contributed by atoms with van der Waals surface area (Å²) in [5, 5.41) is 0. The zero-order valence-electron chi connectivity index (χ0n) is 11.1. The maximum absolute atomic E-state index is 12.1. The van der Waals surface area contributed by atoms with E-state index in [4.69, 9.17) is 13.9 Å². The fourth-order valence-electron chi connectivity index (χ4n) is 3.34. The van der Waals surface area contributed by atoms with Gasteiger partial charge in [-0.3, -0.25) is 0 Å². The Balaban J connectivity index is 1.85. The van der Waals surface area contributed by atoms with Crippen molar-refractivity contribution in [1.82, 2.24) is 0 Å². The number of fused-ring (bicyclic) bond motifs is 2. The van der Waals surface area contributed by atoms with Gasteiger partial charge in [0.05, 0.1) is 6.26 Å². The van der Waals surface area contributed by atoms with Gasteiger partial charge in [0.1, 0.15) is 11.9 Å². The highest BCUT2D eigenvalue weighted by molar-refractivity contribution is 5.87. The molecule has 2 aliphatic heterocycles. The summed E-state index contributed by atoms with van der Waals surface area (Å²) in [5.74, 6) is 0.694. The molecule has 2 saturated heterocycles. The van der Waals surface area contributed by atoms with Gasteiger partial charge in [0, 0.05) is 12.0 Å². The van der Waals surface area contributed by atoms with Crippen molar-refractivity contribution in [3.63, 3.8) is 0 Å². The van der Waals surface area contributed by atoms with Crippen LogP contribution in [0.25, 0.3) is 0 Å². The van der Waals surface area contributed by atoms with Crippen LogP contribution in [0.1, 0.15) is 42.8 Å². The van der Waals surface area contributed by atoms with Crippen LogP contribution in [-0.4, -0.2) is 17.7 Å². The Morgan fingerprint density at radius 3 is 3.00 bits per heavy atom. The van der Waals surface area contributed by atoms with Crippen LogP contribution in [0.4, 0.5) is 0 Å². The lowest BCUT2D eigenvalue weighted by Gasteiger charge is -2.13. The SMILES string of the molecule is CC1=CCCC23OC2C(OC3=O)c2c(C)coc2C1. The highest BCUT2D eigenvalue weighted by Crippen LogP contribution is 2.57. The van der Waals surface area contributed by atoms with Gasteiger partial charge in [-0.2, -0.15) is 0 Å². The summed E-state index contributed by atoms with van der Waals surface area (Å²) in [4.78, 5) is 12.1. The molecule has 2 bridgehead atoms. The molecule has 0 spiro atoms. The number of carbonyl (C=O) groups is 1. The van der Waals surface area contributed by atoms with E-state index in [1.54, 1.807) is 6.26 Å². The molecule has 4 nitrogen and oxygen atoms in total. The van der Waals surface area contributed by atoms with Gasteiger partial charge in [-0.05, 0) is 32.3 Å². The van der Waals surface area contributed by atoms with Gasteiger partial charge in [-0.15, -0.1) is 0 Å². The molecule has 0 amide bonds. The Morgan fingerprint density at radius 2 is 2.21 bits per heavy atom. The first-order valence-electron chi connectivity index (χ1n) is 6.73. The third kappa shape index (κ3) is 1.40. The maximum Gasteiger partial charge on any atom is 0.342 e. The molecule has 100 valence electrons. The van der Waals surface area contributed by atoms with Crippen LogP contribution in [0.5, 0.6) is 0 Å². The molecule has 0 saturated carbocycles. The predicted octanol–water partition coefficient (Wildman–Crippen LogP) is 2.61. The Kier molecular flexibility index (Phi) is 2.09. The van der Waals surface area contributed by atoms with Crippen LogP contribution in [0.15, 0.2) is 22.3 Å². The van der Waals surface area contributed by atoms with Crippen molar-refractivity contribution in [2.45, 2.75) is 50.9 Å². The second kappa shape index (κ2) is 3.51. The number of epoxide rings is 1. The molecule has 3 unspecified atom stereocenters. The fraction of sp³-hybridized carbons (Fsp3) is 0.533. The van der Waals surface area contributed by atoms with Crippen LogP contribution in [-0.2, 0) is 20.7 Å². The Labute approximate surface area is 111 Å². The molecule has 4 rings (SSSR count). The predicted molar refractivity (Wildman–Crippen MR) is 66.6 cm³/mol. The van der Waals surface area contributed by atoms with Crippen molar-refractivity contribution >= 4 is 5.97 Å². The molecule has 3 aliphatic rings. The van der Waals surface area contributed by atoms with E-state index in [1.807, 2.05) is 6.92 Å². The minimum Gasteiger partial charge on any atom is -0.468 e. The molecule has 19 heavy (non-hydrogen) atoms. The summed E-state index contributed by atoms with van der Waals surface area (Å²) in [7, 11) is 0. The molecule has 0 radical (unpaired) electrons. The molecule has 4 heteroatoms. The van der Waals surface area contributed by atoms with Crippen LogP contribution in [0.2, 0.25) is 0 Å². The molecule has 1 aromatic heterocycles. The first kappa shape index (κ1) is 11.3. The van der Waals surface area contributed by atoms with E-state index in [-0.39, 0.29) is 18.2 Å². The normalized spacial score (nSPS) is 36.1. The monoisotopic (exact) mass is 260 g/mol. The molecule has 3 heterocycles. The lowest BCUT2D eigenvalue weighted by atomic mass is 9.91. The van der Waals surface area contributed by atoms with E-state index in [1.165, 1.54) is 5.57 Å². The summed E-state index contributed by atoms with van der Waals surface area (Å²) in [6.07, 6.45) is 5.84. The second-order valence-corrected chi connectivity index (χ2v) is 5.78. The number of ether oxygens (including phenoxy) is 2. The number of allylic oxidation sites excluding steroid dienone is 2. The van der Waals surface area contributed by atoms with Gasteiger partial charge in [0.25, 0.3) is 0 Å². The molecule has 2 fully saturated rings. The van der Waals surface area contributed by atoms with Gasteiger partial charge in [0.15, 0.2) is 11.7 Å². The summed E-state index contributed by atoms with van der Waals surface area (Å²) < 4.78 is 16.9. The van der Waals surface area contributed by atoms with E-state index >= 15 is 0 Å². The zero-order valence-corrected chi connectivity index (χ0v) is 11.1. The van der Waals surface area contributed by atoms with Crippen molar-refractivity contribution in [3.05, 3.63) is 34.8 Å². The summed E-state index contributed by atoms with van der Waals surface area (Å²) in [6, 6.07) is 0. The third-order valence-electron chi connectivity index (χ3n) is 4.43. The lowest BCUT2D eigenvalue weighted by Crippen LogP contribution is -2.22. The fourth-order valence-corrected chi connectivity index (χ4v) is 3.34. The third-order valence-corrected chi connectivity index (χ3v) is 4.43. The number of hydrogen-bond acceptors (Lipinski definition) is 4. The van der Waals surface area contributed by atoms with Crippen molar-refractivity contribution in [2.24, 2.45) is 0 Å². The van der Waals surface area contributed by atoms with Crippen molar-refractivity contribution in [2.75, 3.05) is 0 Å². The van der Waals surface area contributed by atoms with E-state index in [0.717, 1.165) is 36.1 Å². The standard InChI is InChI=1S/C15H16O4/c1-8-4-3-5-15-13(19-15)12(18-14(15)16)11-9(2)7-17-10(11)6-8/h4,7,12-13H,3,5-6H2,1-2H3. The van der Waals surface area contributed by atoms with Gasteiger partial charge >= 0.3 is 5.97 Å². The lowest BCUT2D eigenvalue weighted by molar-refractivity contribution is -0.154. The quantitative estimate of drug-likeness (QED) is 0.409.